The molecule has 0 aliphatic carbocycles. The van der Waals surface area contributed by atoms with Gasteiger partial charge in [-0.05, 0) is 19.9 Å². The zero-order valence-electron chi connectivity index (χ0n) is 13.0. The quantitative estimate of drug-likeness (QED) is 0.811. The third-order valence-corrected chi connectivity index (χ3v) is 5.69. The van der Waals surface area contributed by atoms with Gasteiger partial charge in [0.15, 0.2) is 0 Å². The number of likely N-dealkylation sites (N-methyl/N-ethyl adjacent to an activating group) is 1. The van der Waals surface area contributed by atoms with E-state index in [1.807, 2.05) is 19.9 Å². The molecule has 1 fully saturated rings. The van der Waals surface area contributed by atoms with E-state index in [9.17, 15) is 13.2 Å². The van der Waals surface area contributed by atoms with Gasteiger partial charge >= 0.3 is 0 Å². The molecular formula is C13H19N3O4S2. The number of amides is 1. The fraction of sp³-hybridized carbons (Fsp3) is 0.538. The van der Waals surface area contributed by atoms with Gasteiger partial charge < -0.3 is 9.42 Å². The molecule has 7 nitrogen and oxygen atoms in total. The van der Waals surface area contributed by atoms with Crippen LogP contribution in [0.4, 0.5) is 0 Å². The van der Waals surface area contributed by atoms with Crippen LogP contribution in [0.3, 0.4) is 0 Å². The van der Waals surface area contributed by atoms with Crippen LogP contribution in [0.5, 0.6) is 0 Å². The molecule has 0 unspecified atom stereocenters. The number of aryl methyl sites for hydroxylation is 2. The summed E-state index contributed by atoms with van der Waals surface area (Å²) in [4.78, 5) is 13.9. The fourth-order valence-corrected chi connectivity index (χ4v) is 3.39. The van der Waals surface area contributed by atoms with Crippen LogP contribution in [0, 0.1) is 13.8 Å². The molecule has 0 spiro atoms. The molecule has 122 valence electrons. The summed E-state index contributed by atoms with van der Waals surface area (Å²) >= 11 is 1.56. The molecule has 1 aromatic heterocycles. The van der Waals surface area contributed by atoms with E-state index in [0.29, 0.717) is 12.3 Å². The Balaban J connectivity index is 2.19. The van der Waals surface area contributed by atoms with Gasteiger partial charge in [-0.2, -0.15) is 4.31 Å². The van der Waals surface area contributed by atoms with Crippen LogP contribution in [0.1, 0.15) is 17.0 Å². The van der Waals surface area contributed by atoms with Crippen molar-refractivity contribution in [3.63, 3.8) is 0 Å². The summed E-state index contributed by atoms with van der Waals surface area (Å²) in [5.41, 5.74) is 1.62. The molecule has 2 rings (SSSR count). The van der Waals surface area contributed by atoms with Crippen LogP contribution < -0.4 is 0 Å². The van der Waals surface area contributed by atoms with Crippen molar-refractivity contribution in [1.82, 2.24) is 14.4 Å². The molecule has 0 aromatic carbocycles. The smallest absolute Gasteiger partial charge is 0.242 e. The second kappa shape index (κ2) is 6.43. The van der Waals surface area contributed by atoms with Gasteiger partial charge in [0.05, 0.1) is 23.5 Å². The van der Waals surface area contributed by atoms with Crippen molar-refractivity contribution in [2.24, 2.45) is 0 Å². The molecule has 1 saturated heterocycles. The average molecular weight is 345 g/mol. The van der Waals surface area contributed by atoms with Gasteiger partial charge in [0.25, 0.3) is 0 Å². The Morgan fingerprint density at radius 2 is 2.18 bits per heavy atom. The molecule has 0 N–H and O–H groups in total. The van der Waals surface area contributed by atoms with Crippen molar-refractivity contribution < 1.29 is 17.7 Å². The van der Waals surface area contributed by atoms with E-state index in [1.165, 1.54) is 7.05 Å². The minimum atomic E-state index is -3.37. The van der Waals surface area contributed by atoms with Gasteiger partial charge in [-0.15, -0.1) is 11.8 Å². The Labute approximate surface area is 134 Å². The molecule has 1 aliphatic rings. The molecule has 2 heterocycles. The highest BCUT2D eigenvalue weighted by molar-refractivity contribution is 8.03. The number of aromatic nitrogens is 1. The van der Waals surface area contributed by atoms with Crippen LogP contribution in [-0.4, -0.2) is 60.8 Å². The highest BCUT2D eigenvalue weighted by Crippen LogP contribution is 2.31. The van der Waals surface area contributed by atoms with Crippen LogP contribution in [0.15, 0.2) is 9.55 Å². The van der Waals surface area contributed by atoms with Gasteiger partial charge in [-0.25, -0.2) is 8.42 Å². The lowest BCUT2D eigenvalue weighted by Gasteiger charge is -2.20. The highest BCUT2D eigenvalue weighted by atomic mass is 32.2. The second-order valence-corrected chi connectivity index (χ2v) is 8.34. The first kappa shape index (κ1) is 17.0. The van der Waals surface area contributed by atoms with E-state index < -0.39 is 10.0 Å². The maximum absolute atomic E-state index is 12.3. The summed E-state index contributed by atoms with van der Waals surface area (Å²) in [5.74, 6) is 1.23. The highest BCUT2D eigenvalue weighted by Gasteiger charge is 2.27. The van der Waals surface area contributed by atoms with Crippen LogP contribution in [0.25, 0.3) is 6.08 Å². The van der Waals surface area contributed by atoms with E-state index in [1.54, 1.807) is 16.7 Å². The monoisotopic (exact) mass is 345 g/mol. The molecule has 0 saturated carbocycles. The van der Waals surface area contributed by atoms with E-state index >= 15 is 0 Å². The van der Waals surface area contributed by atoms with Gasteiger partial charge in [-0.1, -0.05) is 5.16 Å². The maximum atomic E-state index is 12.3. The molecule has 9 heteroatoms. The number of carbonyl (C=O) groups excluding carboxylic acids is 1. The molecular weight excluding hydrogens is 326 g/mol. The zero-order valence-corrected chi connectivity index (χ0v) is 14.6. The first-order valence-electron chi connectivity index (χ1n) is 6.69. The average Bonchev–Trinajstić information content (AvgIpc) is 2.99. The summed E-state index contributed by atoms with van der Waals surface area (Å²) in [6.45, 7) is 4.05. The first-order chi connectivity index (χ1) is 10.2. The number of hydrogen-bond acceptors (Lipinski definition) is 6. The number of rotatable bonds is 4. The number of sulfonamides is 1. The Morgan fingerprint density at radius 1 is 1.50 bits per heavy atom. The van der Waals surface area contributed by atoms with Crippen molar-refractivity contribution in [2.45, 2.75) is 13.8 Å². The summed E-state index contributed by atoms with van der Waals surface area (Å²) in [6, 6.07) is 0. The van der Waals surface area contributed by atoms with E-state index in [2.05, 4.69) is 5.16 Å². The molecule has 1 aliphatic heterocycles. The number of nitrogens with zero attached hydrogens (tertiary/aromatic N) is 3. The second-order valence-electron chi connectivity index (χ2n) is 5.13. The van der Waals surface area contributed by atoms with Crippen molar-refractivity contribution in [2.75, 3.05) is 32.1 Å². The van der Waals surface area contributed by atoms with Crippen molar-refractivity contribution in [1.29, 1.82) is 0 Å². The van der Waals surface area contributed by atoms with E-state index in [-0.39, 0.29) is 12.5 Å². The predicted octanol–water partition coefficient (Wildman–Crippen LogP) is 1.06. The van der Waals surface area contributed by atoms with Crippen molar-refractivity contribution >= 4 is 33.8 Å². The first-order valence-corrected chi connectivity index (χ1v) is 9.52. The van der Waals surface area contributed by atoms with Crippen LogP contribution in [-0.2, 0) is 14.8 Å². The lowest BCUT2D eigenvalue weighted by Crippen LogP contribution is -2.38. The molecule has 1 amide bonds. The van der Waals surface area contributed by atoms with Gasteiger partial charge in [-0.3, -0.25) is 4.79 Å². The number of thioether (sulfide) groups is 1. The molecule has 0 radical (unpaired) electrons. The summed E-state index contributed by atoms with van der Waals surface area (Å²) < 4.78 is 29.0. The van der Waals surface area contributed by atoms with Gasteiger partial charge in [0.1, 0.15) is 5.76 Å². The Hall–Kier alpha value is -1.32. The minimum absolute atomic E-state index is 0.168. The van der Waals surface area contributed by atoms with Gasteiger partial charge in [0.2, 0.25) is 15.9 Å². The van der Waals surface area contributed by atoms with E-state index in [0.717, 1.165) is 32.6 Å². The third kappa shape index (κ3) is 3.71. The van der Waals surface area contributed by atoms with Gasteiger partial charge in [0, 0.05) is 24.9 Å². The van der Waals surface area contributed by atoms with Crippen molar-refractivity contribution in [3.05, 3.63) is 22.0 Å². The van der Waals surface area contributed by atoms with E-state index in [4.69, 9.17) is 4.52 Å². The maximum Gasteiger partial charge on any atom is 0.242 e. The summed E-state index contributed by atoms with van der Waals surface area (Å²) in [5, 5.41) is 4.68. The largest absolute Gasteiger partial charge is 0.361 e. The number of carbonyl (C=O) groups is 1. The fourth-order valence-electron chi connectivity index (χ4n) is 2.01. The zero-order chi connectivity index (χ0) is 16.5. The van der Waals surface area contributed by atoms with Crippen molar-refractivity contribution in [3.8, 4) is 0 Å². The van der Waals surface area contributed by atoms with Crippen LogP contribution >= 0.6 is 11.8 Å². The lowest BCUT2D eigenvalue weighted by molar-refractivity contribution is -0.128. The Morgan fingerprint density at radius 3 is 2.73 bits per heavy atom. The molecule has 0 bridgehead atoms. The summed E-state index contributed by atoms with van der Waals surface area (Å²) in [7, 11) is -1.98. The Bertz CT molecular complexity index is 689. The molecule has 22 heavy (non-hydrogen) atoms. The normalized spacial score (nSPS) is 17.7. The topological polar surface area (TPSA) is 83.7 Å². The Kier molecular flexibility index (Phi) is 4.98. The molecule has 1 aromatic rings. The number of hydrogen-bond donors (Lipinski definition) is 0. The minimum Gasteiger partial charge on any atom is -0.361 e. The molecule has 0 atom stereocenters. The standard InChI is InChI=1S/C13H19N3O4S2/c1-9-11(10(2)20-14-9)7-13-16(5-6-21-13)12(17)8-15(3)22(4,18)19/h7H,5-6,8H2,1-4H3/b13-7+. The lowest BCUT2D eigenvalue weighted by atomic mass is 10.2. The SMILES string of the molecule is Cc1noc(C)c1/C=C1/SCCN1C(=O)CN(C)S(C)(=O)=O. The summed E-state index contributed by atoms with van der Waals surface area (Å²) in [6.07, 6.45) is 2.96. The predicted molar refractivity (Wildman–Crippen MR) is 85.6 cm³/mol. The third-order valence-electron chi connectivity index (χ3n) is 3.41. The van der Waals surface area contributed by atoms with Crippen LogP contribution in [0.2, 0.25) is 0 Å².